The first-order valence-electron chi connectivity index (χ1n) is 7.50. The SMILES string of the molecule is CCC.CCCc1ccc2c(c1)-c1ccccc1C2. The van der Waals surface area contributed by atoms with Crippen LogP contribution >= 0.6 is 0 Å². The lowest BCUT2D eigenvalue weighted by Crippen LogP contribution is -1.86. The largest absolute Gasteiger partial charge is 0.0656 e. The lowest BCUT2D eigenvalue weighted by Gasteiger charge is -2.04. The average Bonchev–Trinajstić information content (AvgIpc) is 2.78. The summed E-state index contributed by atoms with van der Waals surface area (Å²) in [5, 5.41) is 0. The Labute approximate surface area is 117 Å². The Kier molecular flexibility index (Phi) is 4.79. The molecule has 0 saturated heterocycles. The van der Waals surface area contributed by atoms with E-state index in [1.54, 1.807) is 0 Å². The van der Waals surface area contributed by atoms with E-state index in [9.17, 15) is 0 Å². The molecule has 0 fully saturated rings. The van der Waals surface area contributed by atoms with Gasteiger partial charge >= 0.3 is 0 Å². The molecule has 2 aromatic carbocycles. The Morgan fingerprint density at radius 3 is 2.26 bits per heavy atom. The molecule has 19 heavy (non-hydrogen) atoms. The van der Waals surface area contributed by atoms with Crippen molar-refractivity contribution in [3.63, 3.8) is 0 Å². The zero-order chi connectivity index (χ0) is 13.7. The smallest absolute Gasteiger partial charge is 0.00135 e. The lowest BCUT2D eigenvalue weighted by atomic mass is 10.0. The van der Waals surface area contributed by atoms with Gasteiger partial charge in [-0.05, 0) is 40.7 Å². The summed E-state index contributed by atoms with van der Waals surface area (Å²) in [5.74, 6) is 0. The molecule has 3 rings (SSSR count). The van der Waals surface area contributed by atoms with Crippen LogP contribution in [-0.2, 0) is 12.8 Å². The van der Waals surface area contributed by atoms with Gasteiger partial charge in [-0.1, -0.05) is 76.1 Å². The van der Waals surface area contributed by atoms with Crippen LogP contribution in [0.5, 0.6) is 0 Å². The molecule has 2 aromatic rings. The third-order valence-electron chi connectivity index (χ3n) is 3.40. The van der Waals surface area contributed by atoms with Gasteiger partial charge in [-0.2, -0.15) is 0 Å². The molecule has 100 valence electrons. The summed E-state index contributed by atoms with van der Waals surface area (Å²) < 4.78 is 0. The van der Waals surface area contributed by atoms with E-state index in [4.69, 9.17) is 0 Å². The lowest BCUT2D eigenvalue weighted by molar-refractivity contribution is 0.921. The molecule has 1 aliphatic rings. The van der Waals surface area contributed by atoms with Crippen molar-refractivity contribution in [3.05, 3.63) is 59.2 Å². The van der Waals surface area contributed by atoms with Crippen LogP contribution in [0.1, 0.15) is 50.3 Å². The molecule has 0 nitrogen and oxygen atoms in total. The third kappa shape index (κ3) is 3.07. The van der Waals surface area contributed by atoms with Crippen LogP contribution in [-0.4, -0.2) is 0 Å². The van der Waals surface area contributed by atoms with Crippen LogP contribution in [0.3, 0.4) is 0 Å². The quantitative estimate of drug-likeness (QED) is 0.554. The summed E-state index contributed by atoms with van der Waals surface area (Å²) in [6.07, 6.45) is 4.77. The van der Waals surface area contributed by atoms with Crippen molar-refractivity contribution in [1.29, 1.82) is 0 Å². The molecule has 0 aliphatic heterocycles. The second-order valence-electron chi connectivity index (χ2n) is 5.28. The molecular weight excluding hydrogens is 228 g/mol. The highest BCUT2D eigenvalue weighted by molar-refractivity contribution is 5.77. The summed E-state index contributed by atoms with van der Waals surface area (Å²) in [4.78, 5) is 0. The van der Waals surface area contributed by atoms with Gasteiger partial charge in [-0.3, -0.25) is 0 Å². The van der Waals surface area contributed by atoms with E-state index in [2.05, 4.69) is 63.2 Å². The molecular formula is C19H24. The van der Waals surface area contributed by atoms with Crippen molar-refractivity contribution in [3.8, 4) is 11.1 Å². The van der Waals surface area contributed by atoms with Gasteiger partial charge < -0.3 is 0 Å². The summed E-state index contributed by atoms with van der Waals surface area (Å²) in [6.45, 7) is 6.49. The summed E-state index contributed by atoms with van der Waals surface area (Å²) in [7, 11) is 0. The topological polar surface area (TPSA) is 0 Å². The summed E-state index contributed by atoms with van der Waals surface area (Å²) >= 11 is 0. The average molecular weight is 252 g/mol. The van der Waals surface area contributed by atoms with Gasteiger partial charge in [0.2, 0.25) is 0 Å². The van der Waals surface area contributed by atoms with Crippen LogP contribution in [0, 0.1) is 0 Å². The minimum absolute atomic E-state index is 1.11. The van der Waals surface area contributed by atoms with Crippen LogP contribution in [0.2, 0.25) is 0 Å². The molecule has 0 heteroatoms. The summed E-state index contributed by atoms with van der Waals surface area (Å²) in [6, 6.07) is 15.7. The molecule has 0 radical (unpaired) electrons. The first-order valence-corrected chi connectivity index (χ1v) is 7.50. The normalized spacial score (nSPS) is 11.3. The minimum atomic E-state index is 1.11. The maximum absolute atomic E-state index is 2.38. The van der Waals surface area contributed by atoms with Crippen molar-refractivity contribution in [2.75, 3.05) is 0 Å². The van der Waals surface area contributed by atoms with Crippen LogP contribution in [0.4, 0.5) is 0 Å². The molecule has 0 amide bonds. The molecule has 0 saturated carbocycles. The van der Waals surface area contributed by atoms with Gasteiger partial charge in [-0.25, -0.2) is 0 Å². The highest BCUT2D eigenvalue weighted by Gasteiger charge is 2.17. The molecule has 0 aromatic heterocycles. The Morgan fingerprint density at radius 1 is 0.842 bits per heavy atom. The maximum atomic E-state index is 2.38. The van der Waals surface area contributed by atoms with Crippen LogP contribution in [0.15, 0.2) is 42.5 Å². The van der Waals surface area contributed by atoms with Crippen molar-refractivity contribution in [2.45, 2.75) is 46.5 Å². The van der Waals surface area contributed by atoms with Crippen LogP contribution in [0.25, 0.3) is 11.1 Å². The van der Waals surface area contributed by atoms with E-state index in [0.29, 0.717) is 0 Å². The first kappa shape index (κ1) is 13.9. The zero-order valence-corrected chi connectivity index (χ0v) is 12.4. The molecule has 0 heterocycles. The number of fused-ring (bicyclic) bond motifs is 3. The Morgan fingerprint density at radius 2 is 1.53 bits per heavy atom. The molecule has 0 unspecified atom stereocenters. The Hall–Kier alpha value is -1.56. The van der Waals surface area contributed by atoms with Crippen molar-refractivity contribution in [2.24, 2.45) is 0 Å². The number of hydrogen-bond donors (Lipinski definition) is 0. The van der Waals surface area contributed by atoms with Gasteiger partial charge in [0, 0.05) is 0 Å². The highest BCUT2D eigenvalue weighted by Crippen LogP contribution is 2.36. The number of aryl methyl sites for hydroxylation is 1. The summed E-state index contributed by atoms with van der Waals surface area (Å²) in [5.41, 5.74) is 7.34. The van der Waals surface area contributed by atoms with E-state index in [1.165, 1.54) is 47.1 Å². The van der Waals surface area contributed by atoms with E-state index in [0.717, 1.165) is 6.42 Å². The van der Waals surface area contributed by atoms with E-state index >= 15 is 0 Å². The minimum Gasteiger partial charge on any atom is -0.0656 e. The maximum Gasteiger partial charge on any atom is -0.00135 e. The van der Waals surface area contributed by atoms with Gasteiger partial charge in [0.1, 0.15) is 0 Å². The molecule has 0 spiro atoms. The number of hydrogen-bond acceptors (Lipinski definition) is 0. The number of benzene rings is 2. The predicted octanol–water partition coefficient (Wildman–Crippen LogP) is 5.63. The van der Waals surface area contributed by atoms with Gasteiger partial charge in [-0.15, -0.1) is 0 Å². The van der Waals surface area contributed by atoms with Gasteiger partial charge in [0.15, 0.2) is 0 Å². The zero-order valence-electron chi connectivity index (χ0n) is 12.4. The fourth-order valence-electron chi connectivity index (χ4n) is 2.62. The van der Waals surface area contributed by atoms with E-state index in [-0.39, 0.29) is 0 Å². The fraction of sp³-hybridized carbons (Fsp3) is 0.368. The molecule has 0 N–H and O–H groups in total. The molecule has 1 aliphatic carbocycles. The monoisotopic (exact) mass is 252 g/mol. The van der Waals surface area contributed by atoms with Crippen molar-refractivity contribution in [1.82, 2.24) is 0 Å². The predicted molar refractivity (Wildman–Crippen MR) is 84.6 cm³/mol. The van der Waals surface area contributed by atoms with Crippen LogP contribution < -0.4 is 0 Å². The van der Waals surface area contributed by atoms with Gasteiger partial charge in [0.25, 0.3) is 0 Å². The standard InChI is InChI=1S/C16H16.C3H8/c1-2-5-12-8-9-14-11-13-6-3-4-7-15(13)16(14)10-12;1-3-2/h3-4,6-10H,2,5,11H2,1H3;3H2,1-2H3. The first-order chi connectivity index (χ1) is 9.30. The fourth-order valence-corrected chi connectivity index (χ4v) is 2.62. The number of rotatable bonds is 2. The second-order valence-corrected chi connectivity index (χ2v) is 5.28. The Bertz CT molecular complexity index is 537. The highest BCUT2D eigenvalue weighted by atomic mass is 14.2. The Balaban J connectivity index is 0.000000408. The molecule has 0 bridgehead atoms. The van der Waals surface area contributed by atoms with Crippen molar-refractivity contribution >= 4 is 0 Å². The molecule has 0 atom stereocenters. The third-order valence-corrected chi connectivity index (χ3v) is 3.40. The van der Waals surface area contributed by atoms with E-state index < -0.39 is 0 Å². The second kappa shape index (κ2) is 6.56. The van der Waals surface area contributed by atoms with Crippen molar-refractivity contribution < 1.29 is 0 Å². The van der Waals surface area contributed by atoms with E-state index in [1.807, 2.05) is 0 Å². The van der Waals surface area contributed by atoms with Gasteiger partial charge in [0.05, 0.1) is 0 Å².